The molecule has 0 fully saturated rings. The lowest BCUT2D eigenvalue weighted by Crippen LogP contribution is -2.35. The van der Waals surface area contributed by atoms with E-state index in [9.17, 15) is 13.2 Å². The number of rotatable bonds is 3. The van der Waals surface area contributed by atoms with Gasteiger partial charge in [0.1, 0.15) is 0 Å². The zero-order valence-corrected chi connectivity index (χ0v) is 15.0. The molecule has 0 bridgehead atoms. The SMILES string of the molecule is CC(=O)Nc1ccc(S(=O)(=O)N2CCc3cc4c(cc3C2)OCO4)cc1. The third-order valence-electron chi connectivity index (χ3n) is 4.48. The maximum atomic E-state index is 12.9. The third kappa shape index (κ3) is 3.02. The first-order chi connectivity index (χ1) is 12.4. The number of hydrogen-bond donors (Lipinski definition) is 1. The van der Waals surface area contributed by atoms with Crippen LogP contribution in [0.4, 0.5) is 5.69 Å². The van der Waals surface area contributed by atoms with Crippen molar-refractivity contribution in [2.24, 2.45) is 0 Å². The third-order valence-corrected chi connectivity index (χ3v) is 6.34. The van der Waals surface area contributed by atoms with Crippen LogP contribution in [0.3, 0.4) is 0 Å². The fraction of sp³-hybridized carbons (Fsp3) is 0.278. The summed E-state index contributed by atoms with van der Waals surface area (Å²) in [5.74, 6) is 1.17. The van der Waals surface area contributed by atoms with Crippen LogP contribution >= 0.6 is 0 Å². The van der Waals surface area contributed by atoms with E-state index in [1.807, 2.05) is 12.1 Å². The Morgan fingerprint density at radius 1 is 1.08 bits per heavy atom. The number of carbonyl (C=O) groups excluding carboxylic acids is 1. The van der Waals surface area contributed by atoms with Crippen molar-refractivity contribution in [3.05, 3.63) is 47.5 Å². The maximum Gasteiger partial charge on any atom is 0.243 e. The summed E-state index contributed by atoms with van der Waals surface area (Å²) in [6.07, 6.45) is 0.620. The Kier molecular flexibility index (Phi) is 4.08. The molecule has 26 heavy (non-hydrogen) atoms. The Hall–Kier alpha value is -2.58. The average molecular weight is 374 g/mol. The van der Waals surface area contributed by atoms with Crippen molar-refractivity contribution >= 4 is 21.6 Å². The average Bonchev–Trinajstić information content (AvgIpc) is 3.06. The quantitative estimate of drug-likeness (QED) is 0.890. The van der Waals surface area contributed by atoms with Gasteiger partial charge in [0.05, 0.1) is 4.90 Å². The van der Waals surface area contributed by atoms with Crippen molar-refractivity contribution in [1.29, 1.82) is 0 Å². The monoisotopic (exact) mass is 374 g/mol. The van der Waals surface area contributed by atoms with Gasteiger partial charge in [-0.2, -0.15) is 4.31 Å². The van der Waals surface area contributed by atoms with E-state index in [4.69, 9.17) is 9.47 Å². The number of fused-ring (bicyclic) bond motifs is 2. The minimum atomic E-state index is -3.62. The molecule has 2 aliphatic rings. The largest absolute Gasteiger partial charge is 0.454 e. The molecule has 0 unspecified atom stereocenters. The number of ether oxygens (including phenoxy) is 2. The van der Waals surface area contributed by atoms with Crippen LogP contribution < -0.4 is 14.8 Å². The Bertz CT molecular complexity index is 970. The zero-order chi connectivity index (χ0) is 18.3. The summed E-state index contributed by atoms with van der Waals surface area (Å²) in [6, 6.07) is 9.99. The standard InChI is InChI=1S/C18H18N2O5S/c1-12(21)19-15-2-4-16(5-3-15)26(22,23)20-7-6-13-8-17-18(25-11-24-17)9-14(13)10-20/h2-5,8-9H,6-7,10-11H2,1H3,(H,19,21). The van der Waals surface area contributed by atoms with Crippen molar-refractivity contribution in [3.63, 3.8) is 0 Å². The molecule has 0 saturated heterocycles. The fourth-order valence-electron chi connectivity index (χ4n) is 3.19. The Labute approximate surface area is 151 Å². The molecule has 1 N–H and O–H groups in total. The van der Waals surface area contributed by atoms with Gasteiger partial charge in [-0.3, -0.25) is 4.79 Å². The van der Waals surface area contributed by atoms with Crippen molar-refractivity contribution in [1.82, 2.24) is 4.31 Å². The van der Waals surface area contributed by atoms with Gasteiger partial charge < -0.3 is 14.8 Å². The Morgan fingerprint density at radius 2 is 1.73 bits per heavy atom. The Morgan fingerprint density at radius 3 is 2.38 bits per heavy atom. The summed E-state index contributed by atoms with van der Waals surface area (Å²) in [5, 5.41) is 2.63. The number of carbonyl (C=O) groups is 1. The summed E-state index contributed by atoms with van der Waals surface area (Å²) in [5.41, 5.74) is 2.58. The first kappa shape index (κ1) is 16.9. The molecule has 2 aliphatic heterocycles. The highest BCUT2D eigenvalue weighted by molar-refractivity contribution is 7.89. The van der Waals surface area contributed by atoms with E-state index in [1.165, 1.54) is 23.4 Å². The van der Waals surface area contributed by atoms with Gasteiger partial charge >= 0.3 is 0 Å². The molecular weight excluding hydrogens is 356 g/mol. The van der Waals surface area contributed by atoms with Crippen molar-refractivity contribution < 1.29 is 22.7 Å². The van der Waals surface area contributed by atoms with Crippen LogP contribution in [-0.4, -0.2) is 32.0 Å². The molecule has 0 aliphatic carbocycles. The first-order valence-corrected chi connectivity index (χ1v) is 9.67. The molecule has 0 atom stereocenters. The lowest BCUT2D eigenvalue weighted by molar-refractivity contribution is -0.114. The van der Waals surface area contributed by atoms with Gasteiger partial charge in [0, 0.05) is 25.7 Å². The second-order valence-corrected chi connectivity index (χ2v) is 8.21. The lowest BCUT2D eigenvalue weighted by atomic mass is 10.0. The highest BCUT2D eigenvalue weighted by atomic mass is 32.2. The normalized spacial score (nSPS) is 16.2. The van der Waals surface area contributed by atoms with Crippen LogP contribution in [0.5, 0.6) is 11.5 Å². The van der Waals surface area contributed by atoms with Crippen molar-refractivity contribution in [2.45, 2.75) is 24.8 Å². The predicted octanol–water partition coefficient (Wildman–Crippen LogP) is 2.12. The number of anilines is 1. The van der Waals surface area contributed by atoms with Crippen molar-refractivity contribution in [3.8, 4) is 11.5 Å². The van der Waals surface area contributed by atoms with Crippen LogP contribution in [0, 0.1) is 0 Å². The van der Waals surface area contributed by atoms with E-state index in [2.05, 4.69) is 5.32 Å². The van der Waals surface area contributed by atoms with E-state index in [-0.39, 0.29) is 17.6 Å². The van der Waals surface area contributed by atoms with Gasteiger partial charge in [0.25, 0.3) is 0 Å². The number of amides is 1. The molecule has 0 radical (unpaired) electrons. The molecule has 8 heteroatoms. The molecule has 0 spiro atoms. The second-order valence-electron chi connectivity index (χ2n) is 6.27. The molecule has 1 amide bonds. The lowest BCUT2D eigenvalue weighted by Gasteiger charge is -2.28. The van der Waals surface area contributed by atoms with Crippen LogP contribution in [-0.2, 0) is 27.8 Å². The fourth-order valence-corrected chi connectivity index (χ4v) is 4.61. The highest BCUT2D eigenvalue weighted by Gasteiger charge is 2.30. The molecule has 0 saturated carbocycles. The van der Waals surface area contributed by atoms with Crippen LogP contribution in [0.15, 0.2) is 41.3 Å². The molecule has 4 rings (SSSR count). The summed E-state index contributed by atoms with van der Waals surface area (Å²) in [7, 11) is -3.62. The van der Waals surface area contributed by atoms with Crippen LogP contribution in [0.2, 0.25) is 0 Å². The number of benzene rings is 2. The number of sulfonamides is 1. The van der Waals surface area contributed by atoms with E-state index in [1.54, 1.807) is 12.1 Å². The summed E-state index contributed by atoms with van der Waals surface area (Å²) in [6.45, 7) is 2.30. The van der Waals surface area contributed by atoms with E-state index >= 15 is 0 Å². The van der Waals surface area contributed by atoms with Gasteiger partial charge in [-0.05, 0) is 53.9 Å². The van der Waals surface area contributed by atoms with Crippen LogP contribution in [0.1, 0.15) is 18.1 Å². The van der Waals surface area contributed by atoms with Gasteiger partial charge in [0.15, 0.2) is 11.5 Å². The zero-order valence-electron chi connectivity index (χ0n) is 14.2. The van der Waals surface area contributed by atoms with Gasteiger partial charge in [-0.25, -0.2) is 8.42 Å². The smallest absolute Gasteiger partial charge is 0.243 e. The number of hydrogen-bond acceptors (Lipinski definition) is 5. The minimum absolute atomic E-state index is 0.195. The first-order valence-electron chi connectivity index (χ1n) is 8.23. The second kappa shape index (κ2) is 6.30. The molecule has 2 aromatic rings. The topological polar surface area (TPSA) is 84.9 Å². The minimum Gasteiger partial charge on any atom is -0.454 e. The van der Waals surface area contributed by atoms with E-state index in [0.29, 0.717) is 36.7 Å². The molecule has 2 heterocycles. The number of nitrogens with one attached hydrogen (secondary N) is 1. The van der Waals surface area contributed by atoms with Crippen LogP contribution in [0.25, 0.3) is 0 Å². The molecule has 136 valence electrons. The Balaban J connectivity index is 1.58. The predicted molar refractivity (Wildman–Crippen MR) is 94.6 cm³/mol. The van der Waals surface area contributed by atoms with Gasteiger partial charge in [-0.15, -0.1) is 0 Å². The molecule has 2 aromatic carbocycles. The van der Waals surface area contributed by atoms with Gasteiger partial charge in [0.2, 0.25) is 22.7 Å². The molecule has 0 aromatic heterocycles. The van der Waals surface area contributed by atoms with Crippen molar-refractivity contribution in [2.75, 3.05) is 18.7 Å². The summed E-state index contributed by atoms with van der Waals surface area (Å²) < 4.78 is 38.1. The van der Waals surface area contributed by atoms with Gasteiger partial charge in [-0.1, -0.05) is 0 Å². The summed E-state index contributed by atoms with van der Waals surface area (Å²) in [4.78, 5) is 11.3. The van der Waals surface area contributed by atoms with E-state index < -0.39 is 10.0 Å². The molecular formula is C18H18N2O5S. The highest BCUT2D eigenvalue weighted by Crippen LogP contribution is 2.37. The molecule has 7 nitrogen and oxygen atoms in total. The number of nitrogens with zero attached hydrogens (tertiary/aromatic N) is 1. The summed E-state index contributed by atoms with van der Waals surface area (Å²) >= 11 is 0. The maximum absolute atomic E-state index is 12.9. The van der Waals surface area contributed by atoms with E-state index in [0.717, 1.165) is 11.1 Å².